The van der Waals surface area contributed by atoms with E-state index in [0.29, 0.717) is 32.8 Å². The molecule has 1 N–H and O–H groups in total. The summed E-state index contributed by atoms with van der Waals surface area (Å²) in [5.74, 6) is -0.248. The lowest BCUT2D eigenvalue weighted by atomic mass is 10.1. The summed E-state index contributed by atoms with van der Waals surface area (Å²) in [4.78, 5) is 27.7. The minimum Gasteiger partial charge on any atom is -0.482 e. The maximum absolute atomic E-state index is 13.3. The SMILES string of the molecule is CC[C@@H](C)NC(=O)[C@H](CC)N(Cc1c(Cl)cccc1Cl)C(=O)COc1ccc(Br)cc1Cl. The second-order valence-corrected chi connectivity index (χ2v) is 9.46. The summed E-state index contributed by atoms with van der Waals surface area (Å²) in [6, 6.07) is 9.50. The number of nitrogens with one attached hydrogen (secondary N) is 1. The van der Waals surface area contributed by atoms with Crippen LogP contribution in [0.3, 0.4) is 0 Å². The highest BCUT2D eigenvalue weighted by molar-refractivity contribution is 9.10. The quantitative estimate of drug-likeness (QED) is 0.358. The second kappa shape index (κ2) is 12.7. The van der Waals surface area contributed by atoms with E-state index in [9.17, 15) is 9.59 Å². The van der Waals surface area contributed by atoms with Crippen molar-refractivity contribution in [1.29, 1.82) is 0 Å². The first-order valence-corrected chi connectivity index (χ1v) is 12.2. The number of halogens is 4. The highest BCUT2D eigenvalue weighted by Gasteiger charge is 2.30. The van der Waals surface area contributed by atoms with Gasteiger partial charge in [0.05, 0.1) is 5.02 Å². The molecule has 174 valence electrons. The van der Waals surface area contributed by atoms with Crippen molar-refractivity contribution in [3.05, 3.63) is 61.5 Å². The van der Waals surface area contributed by atoms with Gasteiger partial charge in [-0.1, -0.05) is 70.6 Å². The predicted octanol–water partition coefficient (Wildman–Crippen LogP) is 6.51. The van der Waals surface area contributed by atoms with E-state index < -0.39 is 6.04 Å². The summed E-state index contributed by atoms with van der Waals surface area (Å²) >= 11 is 22.2. The van der Waals surface area contributed by atoms with Gasteiger partial charge in [0.2, 0.25) is 5.91 Å². The van der Waals surface area contributed by atoms with Crippen molar-refractivity contribution < 1.29 is 14.3 Å². The van der Waals surface area contributed by atoms with Gasteiger partial charge in [0.15, 0.2) is 6.61 Å². The third-order valence-corrected chi connectivity index (χ3v) is 6.52. The standard InChI is InChI=1S/C23H26BrCl3N2O3/c1-4-14(3)28-23(31)20(5-2)29(12-16-17(25)7-6-8-18(16)26)22(30)13-32-21-10-9-15(24)11-19(21)27/h6-11,14,20H,4-5,12-13H2,1-3H3,(H,28,31)/t14-,20+/m1/s1. The van der Waals surface area contributed by atoms with Crippen LogP contribution in [-0.2, 0) is 16.1 Å². The first-order valence-electron chi connectivity index (χ1n) is 10.3. The van der Waals surface area contributed by atoms with Crippen LogP contribution in [0.15, 0.2) is 40.9 Å². The number of rotatable bonds is 10. The fraction of sp³-hybridized carbons (Fsp3) is 0.391. The Kier molecular flexibility index (Phi) is 10.6. The van der Waals surface area contributed by atoms with Crippen LogP contribution in [0.1, 0.15) is 39.2 Å². The number of benzene rings is 2. The molecule has 0 saturated carbocycles. The molecule has 0 radical (unpaired) electrons. The molecular weight excluding hydrogens is 539 g/mol. The predicted molar refractivity (Wildman–Crippen MR) is 134 cm³/mol. The summed E-state index contributed by atoms with van der Waals surface area (Å²) in [6.45, 7) is 5.52. The lowest BCUT2D eigenvalue weighted by molar-refractivity contribution is -0.143. The summed E-state index contributed by atoms with van der Waals surface area (Å²) in [5.41, 5.74) is 0.570. The molecule has 0 fully saturated rings. The van der Waals surface area contributed by atoms with Crippen LogP contribution in [0.25, 0.3) is 0 Å². The molecule has 0 aliphatic heterocycles. The van der Waals surface area contributed by atoms with Crippen LogP contribution < -0.4 is 10.1 Å². The average molecular weight is 565 g/mol. The lowest BCUT2D eigenvalue weighted by Crippen LogP contribution is -2.51. The van der Waals surface area contributed by atoms with Crippen LogP contribution in [-0.4, -0.2) is 35.4 Å². The highest BCUT2D eigenvalue weighted by atomic mass is 79.9. The van der Waals surface area contributed by atoms with Gasteiger partial charge in [-0.05, 0) is 50.1 Å². The van der Waals surface area contributed by atoms with Gasteiger partial charge in [0.25, 0.3) is 5.91 Å². The third-order valence-electron chi connectivity index (χ3n) is 5.02. The van der Waals surface area contributed by atoms with Crippen molar-refractivity contribution in [1.82, 2.24) is 10.2 Å². The fourth-order valence-electron chi connectivity index (χ4n) is 3.03. The first kappa shape index (κ1) is 26.8. The van der Waals surface area contributed by atoms with Crippen molar-refractivity contribution in [3.63, 3.8) is 0 Å². The zero-order valence-electron chi connectivity index (χ0n) is 18.1. The van der Waals surface area contributed by atoms with Gasteiger partial charge in [0.1, 0.15) is 11.8 Å². The molecular formula is C23H26BrCl3N2O3. The average Bonchev–Trinajstić information content (AvgIpc) is 2.74. The molecule has 0 unspecified atom stereocenters. The van der Waals surface area contributed by atoms with E-state index in [2.05, 4.69) is 21.2 Å². The van der Waals surface area contributed by atoms with Gasteiger partial charge in [-0.25, -0.2) is 0 Å². The number of carbonyl (C=O) groups excluding carboxylic acids is 2. The molecule has 5 nitrogen and oxygen atoms in total. The number of hydrogen-bond acceptors (Lipinski definition) is 3. The van der Waals surface area contributed by atoms with Crippen molar-refractivity contribution in [2.75, 3.05) is 6.61 Å². The Balaban J connectivity index is 2.30. The molecule has 0 spiro atoms. The van der Waals surface area contributed by atoms with E-state index in [-0.39, 0.29) is 31.0 Å². The molecule has 0 heterocycles. The number of amides is 2. The summed E-state index contributed by atoms with van der Waals surface area (Å²) < 4.78 is 6.46. The minimum absolute atomic E-state index is 0.0183. The number of ether oxygens (including phenoxy) is 1. The van der Waals surface area contributed by atoms with Gasteiger partial charge in [-0.15, -0.1) is 0 Å². The van der Waals surface area contributed by atoms with Crippen molar-refractivity contribution in [3.8, 4) is 5.75 Å². The number of nitrogens with zero attached hydrogens (tertiary/aromatic N) is 1. The molecule has 0 aliphatic carbocycles. The highest BCUT2D eigenvalue weighted by Crippen LogP contribution is 2.29. The minimum atomic E-state index is -0.715. The molecule has 2 aromatic rings. The largest absolute Gasteiger partial charge is 0.482 e. The molecule has 0 saturated heterocycles. The zero-order valence-corrected chi connectivity index (χ0v) is 22.0. The van der Waals surface area contributed by atoms with Gasteiger partial charge >= 0.3 is 0 Å². The molecule has 2 atom stereocenters. The van der Waals surface area contributed by atoms with Crippen LogP contribution in [0.5, 0.6) is 5.75 Å². The van der Waals surface area contributed by atoms with E-state index in [1.165, 1.54) is 4.90 Å². The van der Waals surface area contributed by atoms with Crippen LogP contribution in [0, 0.1) is 0 Å². The summed E-state index contributed by atoms with van der Waals surface area (Å²) in [6.07, 6.45) is 1.19. The van der Waals surface area contributed by atoms with Gasteiger partial charge in [-0.2, -0.15) is 0 Å². The molecule has 0 aromatic heterocycles. The molecule has 32 heavy (non-hydrogen) atoms. The van der Waals surface area contributed by atoms with E-state index in [1.807, 2.05) is 20.8 Å². The molecule has 9 heteroatoms. The van der Waals surface area contributed by atoms with Crippen LogP contribution >= 0.6 is 50.7 Å². The third kappa shape index (κ3) is 7.27. The monoisotopic (exact) mass is 562 g/mol. The smallest absolute Gasteiger partial charge is 0.261 e. The Labute approximate surface area is 212 Å². The van der Waals surface area contributed by atoms with E-state index in [4.69, 9.17) is 39.5 Å². The Morgan fingerprint density at radius 1 is 1.06 bits per heavy atom. The Bertz CT molecular complexity index is 938. The van der Waals surface area contributed by atoms with Crippen molar-refractivity contribution in [2.24, 2.45) is 0 Å². The van der Waals surface area contributed by atoms with Gasteiger partial charge in [-0.3, -0.25) is 9.59 Å². The Morgan fingerprint density at radius 3 is 2.28 bits per heavy atom. The Morgan fingerprint density at radius 2 is 1.72 bits per heavy atom. The van der Waals surface area contributed by atoms with E-state index in [1.54, 1.807) is 36.4 Å². The number of hydrogen-bond donors (Lipinski definition) is 1. The van der Waals surface area contributed by atoms with Gasteiger partial charge in [0, 0.05) is 32.7 Å². The fourth-order valence-corrected chi connectivity index (χ4v) is 4.27. The number of carbonyl (C=O) groups is 2. The molecule has 2 amide bonds. The topological polar surface area (TPSA) is 58.6 Å². The maximum Gasteiger partial charge on any atom is 0.261 e. The summed E-state index contributed by atoms with van der Waals surface area (Å²) in [7, 11) is 0. The molecule has 0 bridgehead atoms. The normalized spacial score (nSPS) is 12.7. The molecule has 0 aliphatic rings. The second-order valence-electron chi connectivity index (χ2n) is 7.33. The van der Waals surface area contributed by atoms with Crippen molar-refractivity contribution in [2.45, 2.75) is 52.2 Å². The van der Waals surface area contributed by atoms with Crippen molar-refractivity contribution >= 4 is 62.5 Å². The lowest BCUT2D eigenvalue weighted by Gasteiger charge is -2.32. The maximum atomic E-state index is 13.3. The molecule has 2 rings (SSSR count). The van der Waals surface area contributed by atoms with E-state index >= 15 is 0 Å². The Hall–Kier alpha value is -1.47. The summed E-state index contributed by atoms with van der Waals surface area (Å²) in [5, 5.41) is 4.17. The molecule has 2 aromatic carbocycles. The van der Waals surface area contributed by atoms with E-state index in [0.717, 1.165) is 10.9 Å². The van der Waals surface area contributed by atoms with Crippen LogP contribution in [0.4, 0.5) is 0 Å². The van der Waals surface area contributed by atoms with Gasteiger partial charge < -0.3 is 15.0 Å². The van der Waals surface area contributed by atoms with Crippen LogP contribution in [0.2, 0.25) is 15.1 Å². The zero-order chi connectivity index (χ0) is 23.8. The first-order chi connectivity index (χ1) is 15.2.